The molecule has 0 saturated carbocycles. The summed E-state index contributed by atoms with van der Waals surface area (Å²) >= 11 is 0. The van der Waals surface area contributed by atoms with Crippen LogP contribution in [0.25, 0.3) is 0 Å². The molecule has 0 radical (unpaired) electrons. The van der Waals surface area contributed by atoms with Crippen LogP contribution in [-0.4, -0.2) is 52.6 Å². The second-order valence-corrected chi connectivity index (χ2v) is 7.32. The lowest BCUT2D eigenvalue weighted by Crippen LogP contribution is -2.36. The first-order chi connectivity index (χ1) is 10.4. The van der Waals surface area contributed by atoms with E-state index in [4.69, 9.17) is 9.47 Å². The van der Waals surface area contributed by atoms with Crippen molar-refractivity contribution in [2.24, 2.45) is 0 Å². The summed E-state index contributed by atoms with van der Waals surface area (Å²) in [6.45, 7) is 0.0422. The Labute approximate surface area is 129 Å². The minimum absolute atomic E-state index is 0.0422. The molecule has 1 heterocycles. The normalized spacial score (nSPS) is 19.6. The van der Waals surface area contributed by atoms with Crippen LogP contribution in [0.4, 0.5) is 5.69 Å². The third-order valence-electron chi connectivity index (χ3n) is 3.46. The van der Waals surface area contributed by atoms with Gasteiger partial charge in [0.15, 0.2) is 9.84 Å². The lowest BCUT2D eigenvalue weighted by Gasteiger charge is -2.13. The molecule has 22 heavy (non-hydrogen) atoms. The molecule has 7 nitrogen and oxygen atoms in total. The van der Waals surface area contributed by atoms with Gasteiger partial charge in [-0.15, -0.1) is 0 Å². The Kier molecular flexibility index (Phi) is 5.25. The van der Waals surface area contributed by atoms with Crippen LogP contribution in [0.2, 0.25) is 0 Å². The fourth-order valence-corrected chi connectivity index (χ4v) is 4.01. The summed E-state index contributed by atoms with van der Waals surface area (Å²) in [5.41, 5.74) is 0.507. The van der Waals surface area contributed by atoms with Crippen LogP contribution in [0.5, 0.6) is 11.5 Å². The first kappa shape index (κ1) is 16.6. The van der Waals surface area contributed by atoms with Gasteiger partial charge in [-0.05, 0) is 18.6 Å². The Balaban J connectivity index is 1.92. The van der Waals surface area contributed by atoms with Gasteiger partial charge in [-0.3, -0.25) is 4.79 Å². The van der Waals surface area contributed by atoms with Crippen LogP contribution in [0.1, 0.15) is 6.42 Å². The zero-order valence-corrected chi connectivity index (χ0v) is 13.4. The molecule has 1 aliphatic heterocycles. The largest absolute Gasteiger partial charge is 0.497 e. The van der Waals surface area contributed by atoms with Gasteiger partial charge in [0, 0.05) is 12.1 Å². The van der Waals surface area contributed by atoms with E-state index in [0.717, 1.165) is 0 Å². The molecule has 1 atom stereocenters. The van der Waals surface area contributed by atoms with E-state index in [9.17, 15) is 13.2 Å². The van der Waals surface area contributed by atoms with Crippen LogP contribution >= 0.6 is 0 Å². The molecule has 0 aliphatic carbocycles. The van der Waals surface area contributed by atoms with Gasteiger partial charge in [-0.2, -0.15) is 0 Å². The number of hydrogen-bond acceptors (Lipinski definition) is 6. The second-order valence-electron chi connectivity index (χ2n) is 5.10. The van der Waals surface area contributed by atoms with E-state index >= 15 is 0 Å². The van der Waals surface area contributed by atoms with Gasteiger partial charge < -0.3 is 20.1 Å². The molecular weight excluding hydrogens is 308 g/mol. The summed E-state index contributed by atoms with van der Waals surface area (Å²) in [5, 5.41) is 5.69. The number of methoxy groups -OCH3 is 2. The van der Waals surface area contributed by atoms with E-state index in [0.29, 0.717) is 23.6 Å². The quantitative estimate of drug-likeness (QED) is 0.786. The van der Waals surface area contributed by atoms with Crippen molar-refractivity contribution in [3.63, 3.8) is 0 Å². The van der Waals surface area contributed by atoms with E-state index in [1.165, 1.54) is 14.2 Å². The number of ether oxygens (including phenoxy) is 2. The van der Waals surface area contributed by atoms with Crippen LogP contribution < -0.4 is 20.1 Å². The smallest absolute Gasteiger partial charge is 0.238 e. The number of anilines is 1. The van der Waals surface area contributed by atoms with Crippen molar-refractivity contribution in [3.05, 3.63) is 18.2 Å². The molecule has 1 saturated heterocycles. The fraction of sp³-hybridized carbons (Fsp3) is 0.500. The SMILES string of the molecule is COc1ccc(OC)c(NC(=O)CNC2CCS(=O)(=O)C2)c1. The number of nitrogens with one attached hydrogen (secondary N) is 2. The van der Waals surface area contributed by atoms with Crippen molar-refractivity contribution < 1.29 is 22.7 Å². The average molecular weight is 328 g/mol. The highest BCUT2D eigenvalue weighted by molar-refractivity contribution is 7.91. The van der Waals surface area contributed by atoms with Gasteiger partial charge in [-0.1, -0.05) is 0 Å². The molecule has 0 bridgehead atoms. The Morgan fingerprint density at radius 1 is 1.32 bits per heavy atom. The molecule has 2 N–H and O–H groups in total. The van der Waals surface area contributed by atoms with Crippen molar-refractivity contribution in [1.29, 1.82) is 0 Å². The average Bonchev–Trinajstić information content (AvgIpc) is 2.84. The summed E-state index contributed by atoms with van der Waals surface area (Å²) in [6.07, 6.45) is 0.540. The van der Waals surface area contributed by atoms with Crippen molar-refractivity contribution in [1.82, 2.24) is 5.32 Å². The number of carbonyl (C=O) groups is 1. The number of hydrogen-bond donors (Lipinski definition) is 2. The molecule has 0 aromatic heterocycles. The number of benzene rings is 1. The number of sulfone groups is 1. The third kappa shape index (κ3) is 4.35. The van der Waals surface area contributed by atoms with E-state index in [2.05, 4.69) is 10.6 Å². The summed E-state index contributed by atoms with van der Waals surface area (Å²) in [5.74, 6) is 1.12. The summed E-state index contributed by atoms with van der Waals surface area (Å²) in [4.78, 5) is 12.0. The predicted molar refractivity (Wildman–Crippen MR) is 83.2 cm³/mol. The first-order valence-electron chi connectivity index (χ1n) is 6.89. The molecule has 2 rings (SSSR count). The minimum Gasteiger partial charge on any atom is -0.497 e. The van der Waals surface area contributed by atoms with E-state index < -0.39 is 9.84 Å². The van der Waals surface area contributed by atoms with E-state index in [1.54, 1.807) is 18.2 Å². The molecule has 0 spiro atoms. The van der Waals surface area contributed by atoms with Crippen LogP contribution in [0.3, 0.4) is 0 Å². The molecule has 8 heteroatoms. The fourth-order valence-electron chi connectivity index (χ4n) is 2.30. The summed E-state index contributed by atoms with van der Waals surface area (Å²) in [7, 11) is 0.0975. The van der Waals surface area contributed by atoms with Crippen LogP contribution in [0, 0.1) is 0 Å². The van der Waals surface area contributed by atoms with Crippen molar-refractivity contribution in [2.45, 2.75) is 12.5 Å². The zero-order chi connectivity index (χ0) is 16.2. The van der Waals surface area contributed by atoms with E-state index in [-0.39, 0.29) is 30.0 Å². The van der Waals surface area contributed by atoms with Gasteiger partial charge >= 0.3 is 0 Å². The molecule has 1 unspecified atom stereocenters. The van der Waals surface area contributed by atoms with Crippen LogP contribution in [-0.2, 0) is 14.6 Å². The first-order valence-corrected chi connectivity index (χ1v) is 8.71. The number of amides is 1. The number of carbonyl (C=O) groups excluding carboxylic acids is 1. The van der Waals surface area contributed by atoms with Gasteiger partial charge in [0.1, 0.15) is 11.5 Å². The lowest BCUT2D eigenvalue weighted by molar-refractivity contribution is -0.115. The summed E-state index contributed by atoms with van der Waals surface area (Å²) in [6, 6.07) is 4.93. The predicted octanol–water partition coefficient (Wildman–Crippen LogP) is 0.419. The van der Waals surface area contributed by atoms with Gasteiger partial charge in [0.2, 0.25) is 5.91 Å². The standard InChI is InChI=1S/C14H20N2O5S/c1-20-11-3-4-13(21-2)12(7-11)16-14(17)8-15-10-5-6-22(18,19)9-10/h3-4,7,10,15H,5-6,8-9H2,1-2H3,(H,16,17). The molecule has 122 valence electrons. The van der Waals surface area contributed by atoms with Crippen molar-refractivity contribution in [2.75, 3.05) is 37.6 Å². The Bertz CT molecular complexity index is 645. The highest BCUT2D eigenvalue weighted by Gasteiger charge is 2.27. The molecule has 1 aromatic carbocycles. The van der Waals surface area contributed by atoms with Crippen molar-refractivity contribution in [3.8, 4) is 11.5 Å². The molecule has 1 fully saturated rings. The van der Waals surface area contributed by atoms with E-state index in [1.807, 2.05) is 0 Å². The Morgan fingerprint density at radius 2 is 2.09 bits per heavy atom. The monoisotopic (exact) mass is 328 g/mol. The molecule has 1 aliphatic rings. The maximum Gasteiger partial charge on any atom is 0.238 e. The molecular formula is C14H20N2O5S. The van der Waals surface area contributed by atoms with Gasteiger partial charge in [0.25, 0.3) is 0 Å². The zero-order valence-electron chi connectivity index (χ0n) is 12.6. The van der Waals surface area contributed by atoms with Gasteiger partial charge in [-0.25, -0.2) is 8.42 Å². The van der Waals surface area contributed by atoms with Crippen LogP contribution in [0.15, 0.2) is 18.2 Å². The van der Waals surface area contributed by atoms with Gasteiger partial charge in [0.05, 0.1) is 38.0 Å². The lowest BCUT2D eigenvalue weighted by atomic mass is 10.2. The highest BCUT2D eigenvalue weighted by Crippen LogP contribution is 2.28. The maximum atomic E-state index is 12.0. The number of rotatable bonds is 6. The second kappa shape index (κ2) is 6.97. The summed E-state index contributed by atoms with van der Waals surface area (Å²) < 4.78 is 33.0. The highest BCUT2D eigenvalue weighted by atomic mass is 32.2. The Hall–Kier alpha value is -1.80. The third-order valence-corrected chi connectivity index (χ3v) is 5.23. The topological polar surface area (TPSA) is 93.7 Å². The van der Waals surface area contributed by atoms with Crippen molar-refractivity contribution >= 4 is 21.4 Å². The minimum atomic E-state index is -2.95. The molecule has 1 amide bonds. The molecule has 1 aromatic rings. The maximum absolute atomic E-state index is 12.0. The Morgan fingerprint density at radius 3 is 2.68 bits per heavy atom.